The fraction of sp³-hybridized carbons (Fsp3) is 0.417. The molecule has 0 aromatic heterocycles. The first-order chi connectivity index (χ1) is 6.77. The van der Waals surface area contributed by atoms with Crippen LogP contribution < -0.4 is 5.32 Å². The van der Waals surface area contributed by atoms with Crippen molar-refractivity contribution < 1.29 is 0 Å². The van der Waals surface area contributed by atoms with Crippen LogP contribution in [-0.2, 0) is 0 Å². The van der Waals surface area contributed by atoms with Gasteiger partial charge in [-0.2, -0.15) is 0 Å². The van der Waals surface area contributed by atoms with Crippen molar-refractivity contribution in [2.45, 2.75) is 20.8 Å². The van der Waals surface area contributed by atoms with Crippen LogP contribution in [0.4, 0.5) is 0 Å². The molecule has 0 saturated carbocycles. The fourth-order valence-electron chi connectivity index (χ4n) is 1.10. The van der Waals surface area contributed by atoms with Crippen LogP contribution in [-0.4, -0.2) is 18.9 Å². The number of rotatable bonds is 2. The SMILES string of the molecule is C=CC1=C(C=C)CNC(C)=NC1.CC. The molecule has 0 atom stereocenters. The van der Waals surface area contributed by atoms with E-state index < -0.39 is 0 Å². The monoisotopic (exact) mass is 192 g/mol. The Morgan fingerprint density at radius 3 is 2.29 bits per heavy atom. The van der Waals surface area contributed by atoms with Gasteiger partial charge in [-0.3, -0.25) is 4.99 Å². The molecular formula is C12H20N2. The molecule has 0 unspecified atom stereocenters. The lowest BCUT2D eigenvalue weighted by molar-refractivity contribution is 1.01. The summed E-state index contributed by atoms with van der Waals surface area (Å²) in [4.78, 5) is 4.30. The predicted octanol–water partition coefficient (Wildman–Crippen LogP) is 2.70. The molecule has 0 bridgehead atoms. The van der Waals surface area contributed by atoms with Gasteiger partial charge in [0.25, 0.3) is 0 Å². The van der Waals surface area contributed by atoms with E-state index in [1.165, 1.54) is 5.57 Å². The Hall–Kier alpha value is -1.31. The Kier molecular flexibility index (Phi) is 6.46. The van der Waals surface area contributed by atoms with Crippen LogP contribution in [0.1, 0.15) is 20.8 Å². The van der Waals surface area contributed by atoms with Crippen LogP contribution in [0.2, 0.25) is 0 Å². The first-order valence-electron chi connectivity index (χ1n) is 4.99. The Morgan fingerprint density at radius 1 is 1.21 bits per heavy atom. The molecule has 14 heavy (non-hydrogen) atoms. The van der Waals surface area contributed by atoms with Gasteiger partial charge in [0.05, 0.1) is 12.4 Å². The van der Waals surface area contributed by atoms with E-state index in [0.717, 1.165) is 18.0 Å². The van der Waals surface area contributed by atoms with Gasteiger partial charge in [0.2, 0.25) is 0 Å². The summed E-state index contributed by atoms with van der Waals surface area (Å²) < 4.78 is 0. The molecule has 1 aliphatic rings. The quantitative estimate of drug-likeness (QED) is 0.714. The van der Waals surface area contributed by atoms with Gasteiger partial charge in [-0.1, -0.05) is 39.2 Å². The maximum Gasteiger partial charge on any atom is 0.0938 e. The Balaban J connectivity index is 0.000000791. The number of nitrogens with one attached hydrogen (secondary N) is 1. The molecule has 0 amide bonds. The molecule has 1 aliphatic heterocycles. The van der Waals surface area contributed by atoms with E-state index in [-0.39, 0.29) is 0 Å². The van der Waals surface area contributed by atoms with Crippen molar-refractivity contribution in [3.05, 3.63) is 36.5 Å². The molecule has 2 nitrogen and oxygen atoms in total. The predicted molar refractivity (Wildman–Crippen MR) is 64.7 cm³/mol. The number of hydrogen-bond acceptors (Lipinski definition) is 2. The topological polar surface area (TPSA) is 24.4 Å². The van der Waals surface area contributed by atoms with Crippen LogP contribution in [0, 0.1) is 0 Å². The summed E-state index contributed by atoms with van der Waals surface area (Å²) in [5, 5.41) is 3.18. The van der Waals surface area contributed by atoms with E-state index in [1.54, 1.807) is 0 Å². The second kappa shape index (κ2) is 7.13. The van der Waals surface area contributed by atoms with Gasteiger partial charge < -0.3 is 5.32 Å². The highest BCUT2D eigenvalue weighted by Crippen LogP contribution is 2.09. The van der Waals surface area contributed by atoms with Gasteiger partial charge >= 0.3 is 0 Å². The largest absolute Gasteiger partial charge is 0.370 e. The molecule has 0 spiro atoms. The average Bonchev–Trinajstić information content (AvgIpc) is 2.42. The zero-order chi connectivity index (χ0) is 11.0. The summed E-state index contributed by atoms with van der Waals surface area (Å²) in [5.41, 5.74) is 2.35. The minimum absolute atomic E-state index is 0.712. The van der Waals surface area contributed by atoms with Gasteiger partial charge in [-0.15, -0.1) is 0 Å². The Bertz CT molecular complexity index is 259. The molecule has 0 aromatic rings. The van der Waals surface area contributed by atoms with Crippen molar-refractivity contribution in [1.29, 1.82) is 0 Å². The molecular weight excluding hydrogens is 172 g/mol. The molecule has 0 saturated heterocycles. The van der Waals surface area contributed by atoms with E-state index in [0.29, 0.717) is 6.54 Å². The summed E-state index contributed by atoms with van der Waals surface area (Å²) in [7, 11) is 0. The van der Waals surface area contributed by atoms with Crippen LogP contribution in [0.3, 0.4) is 0 Å². The van der Waals surface area contributed by atoms with Gasteiger partial charge in [0, 0.05) is 6.54 Å². The average molecular weight is 192 g/mol. The molecule has 1 rings (SSSR count). The van der Waals surface area contributed by atoms with E-state index in [4.69, 9.17) is 0 Å². The lowest BCUT2D eigenvalue weighted by Gasteiger charge is -2.03. The minimum Gasteiger partial charge on any atom is -0.370 e. The normalized spacial score (nSPS) is 15.5. The maximum absolute atomic E-state index is 4.30. The van der Waals surface area contributed by atoms with Crippen LogP contribution in [0.25, 0.3) is 0 Å². The van der Waals surface area contributed by atoms with Crippen molar-refractivity contribution >= 4 is 5.84 Å². The smallest absolute Gasteiger partial charge is 0.0938 e. The molecule has 1 N–H and O–H groups in total. The van der Waals surface area contributed by atoms with Gasteiger partial charge in [-0.05, 0) is 18.1 Å². The standard InChI is InChI=1S/C10H14N2.C2H6/c1-4-9-6-11-8(3)12-7-10(9)5-2;1-2/h4-5H,1-2,6-7H2,3H3,(H,11,12);1-2H3. The molecule has 0 radical (unpaired) electrons. The molecule has 0 aliphatic carbocycles. The van der Waals surface area contributed by atoms with Crippen molar-refractivity contribution in [3.8, 4) is 0 Å². The van der Waals surface area contributed by atoms with Gasteiger partial charge in [0.1, 0.15) is 0 Å². The number of nitrogens with zero attached hydrogens (tertiary/aromatic N) is 1. The lowest BCUT2D eigenvalue weighted by atomic mass is 10.1. The third-order valence-electron chi connectivity index (χ3n) is 1.93. The zero-order valence-electron chi connectivity index (χ0n) is 9.43. The summed E-state index contributed by atoms with van der Waals surface area (Å²) >= 11 is 0. The highest BCUT2D eigenvalue weighted by atomic mass is 15.0. The first-order valence-corrected chi connectivity index (χ1v) is 4.99. The van der Waals surface area contributed by atoms with Gasteiger partial charge in [-0.25, -0.2) is 0 Å². The second-order valence-electron chi connectivity index (χ2n) is 2.71. The third kappa shape index (κ3) is 3.60. The van der Waals surface area contributed by atoms with Crippen LogP contribution in [0.5, 0.6) is 0 Å². The molecule has 0 fully saturated rings. The first kappa shape index (κ1) is 12.7. The highest BCUT2D eigenvalue weighted by Gasteiger charge is 2.04. The number of hydrogen-bond donors (Lipinski definition) is 1. The van der Waals surface area contributed by atoms with Crippen LogP contribution >= 0.6 is 0 Å². The Labute approximate surface area is 87.1 Å². The fourth-order valence-corrected chi connectivity index (χ4v) is 1.10. The van der Waals surface area contributed by atoms with E-state index in [1.807, 2.05) is 32.9 Å². The zero-order valence-corrected chi connectivity index (χ0v) is 9.43. The summed E-state index contributed by atoms with van der Waals surface area (Å²) in [6.07, 6.45) is 3.71. The van der Waals surface area contributed by atoms with E-state index >= 15 is 0 Å². The summed E-state index contributed by atoms with van der Waals surface area (Å²) in [5.74, 6) is 0.978. The summed E-state index contributed by atoms with van der Waals surface area (Å²) in [6.45, 7) is 15.0. The third-order valence-corrected chi connectivity index (χ3v) is 1.93. The van der Waals surface area contributed by atoms with Crippen LogP contribution in [0.15, 0.2) is 41.4 Å². The summed E-state index contributed by atoms with van der Waals surface area (Å²) in [6, 6.07) is 0. The van der Waals surface area contributed by atoms with Crippen molar-refractivity contribution in [3.63, 3.8) is 0 Å². The lowest BCUT2D eigenvalue weighted by Crippen LogP contribution is -2.21. The molecule has 78 valence electrons. The number of amidine groups is 1. The van der Waals surface area contributed by atoms with E-state index in [9.17, 15) is 0 Å². The number of aliphatic imine (C=N–C) groups is 1. The van der Waals surface area contributed by atoms with E-state index in [2.05, 4.69) is 23.5 Å². The molecule has 2 heteroatoms. The molecule has 0 aromatic carbocycles. The minimum atomic E-state index is 0.712. The second-order valence-corrected chi connectivity index (χ2v) is 2.71. The van der Waals surface area contributed by atoms with Crippen molar-refractivity contribution in [2.24, 2.45) is 4.99 Å². The Morgan fingerprint density at radius 2 is 1.79 bits per heavy atom. The van der Waals surface area contributed by atoms with Gasteiger partial charge in [0.15, 0.2) is 0 Å². The van der Waals surface area contributed by atoms with Crippen molar-refractivity contribution in [1.82, 2.24) is 5.32 Å². The van der Waals surface area contributed by atoms with Crippen molar-refractivity contribution in [2.75, 3.05) is 13.1 Å². The molecule has 1 heterocycles. The highest BCUT2D eigenvalue weighted by molar-refractivity contribution is 5.80. The maximum atomic E-state index is 4.30.